The van der Waals surface area contributed by atoms with Gasteiger partial charge in [-0.3, -0.25) is 4.79 Å². The number of carbonyl (C=O) groups is 1. The fourth-order valence-electron chi connectivity index (χ4n) is 2.52. The Kier molecular flexibility index (Phi) is 4.80. The molecular weight excluding hydrogens is 242 g/mol. The van der Waals surface area contributed by atoms with Crippen molar-refractivity contribution in [3.63, 3.8) is 0 Å². The first-order valence-electron chi connectivity index (χ1n) is 6.81. The summed E-state index contributed by atoms with van der Waals surface area (Å²) in [5, 5.41) is 12.8. The molecule has 19 heavy (non-hydrogen) atoms. The average Bonchev–Trinajstić information content (AvgIpc) is 2.46. The molecule has 1 aliphatic rings. The number of carbonyl (C=O) groups excluding carboxylic acids is 1. The maximum atomic E-state index is 12.0. The van der Waals surface area contributed by atoms with Gasteiger partial charge < -0.3 is 15.2 Å². The second kappa shape index (κ2) is 6.57. The number of ether oxygens (including phenoxy) is 1. The molecular formula is C15H21NO3. The Balaban J connectivity index is 1.89. The summed E-state index contributed by atoms with van der Waals surface area (Å²) in [5.41, 5.74) is 0.588. The third-order valence-electron chi connectivity index (χ3n) is 3.73. The molecule has 1 fully saturated rings. The van der Waals surface area contributed by atoms with Crippen LogP contribution in [0.1, 0.15) is 36.0 Å². The summed E-state index contributed by atoms with van der Waals surface area (Å²) < 4.78 is 5.10. The van der Waals surface area contributed by atoms with E-state index in [1.54, 1.807) is 25.3 Å². The van der Waals surface area contributed by atoms with Crippen LogP contribution in [0.25, 0.3) is 0 Å². The summed E-state index contributed by atoms with van der Waals surface area (Å²) >= 11 is 0. The van der Waals surface area contributed by atoms with Crippen LogP contribution in [0.15, 0.2) is 24.3 Å². The van der Waals surface area contributed by atoms with Crippen molar-refractivity contribution in [3.8, 4) is 5.75 Å². The predicted octanol–water partition coefficient (Wildman–Crippen LogP) is 1.98. The highest BCUT2D eigenvalue weighted by Crippen LogP contribution is 2.23. The van der Waals surface area contributed by atoms with E-state index in [0.29, 0.717) is 17.9 Å². The van der Waals surface area contributed by atoms with Crippen molar-refractivity contribution >= 4 is 5.91 Å². The highest BCUT2D eigenvalue weighted by molar-refractivity contribution is 5.94. The van der Waals surface area contributed by atoms with Crippen molar-refractivity contribution in [3.05, 3.63) is 29.8 Å². The number of amides is 1. The van der Waals surface area contributed by atoms with Gasteiger partial charge in [-0.15, -0.1) is 0 Å². The van der Waals surface area contributed by atoms with E-state index in [4.69, 9.17) is 4.74 Å². The first kappa shape index (κ1) is 13.9. The van der Waals surface area contributed by atoms with E-state index in [1.807, 2.05) is 6.07 Å². The maximum Gasteiger partial charge on any atom is 0.251 e. The van der Waals surface area contributed by atoms with Crippen LogP contribution in [-0.2, 0) is 0 Å². The molecule has 0 heterocycles. The molecule has 2 N–H and O–H groups in total. The Labute approximate surface area is 113 Å². The molecule has 2 atom stereocenters. The molecule has 1 aromatic carbocycles. The lowest BCUT2D eigenvalue weighted by atomic mass is 9.86. The highest BCUT2D eigenvalue weighted by Gasteiger charge is 2.23. The zero-order chi connectivity index (χ0) is 13.7. The van der Waals surface area contributed by atoms with Gasteiger partial charge in [0, 0.05) is 18.0 Å². The first-order chi connectivity index (χ1) is 9.20. The van der Waals surface area contributed by atoms with Gasteiger partial charge in [0.1, 0.15) is 5.75 Å². The fourth-order valence-corrected chi connectivity index (χ4v) is 2.52. The van der Waals surface area contributed by atoms with E-state index in [0.717, 1.165) is 25.7 Å². The van der Waals surface area contributed by atoms with Gasteiger partial charge in [-0.05, 0) is 31.0 Å². The van der Waals surface area contributed by atoms with Gasteiger partial charge in [0.2, 0.25) is 0 Å². The minimum absolute atomic E-state index is 0.114. The molecule has 0 radical (unpaired) electrons. The number of rotatable bonds is 4. The van der Waals surface area contributed by atoms with E-state index in [9.17, 15) is 9.90 Å². The molecule has 0 bridgehead atoms. The molecule has 1 saturated carbocycles. The van der Waals surface area contributed by atoms with E-state index in [-0.39, 0.29) is 17.9 Å². The van der Waals surface area contributed by atoms with Crippen LogP contribution < -0.4 is 10.1 Å². The lowest BCUT2D eigenvalue weighted by Crippen LogP contribution is -2.36. The van der Waals surface area contributed by atoms with Crippen LogP contribution in [-0.4, -0.2) is 30.8 Å². The van der Waals surface area contributed by atoms with Crippen LogP contribution in [0.2, 0.25) is 0 Å². The number of hydrogen-bond donors (Lipinski definition) is 2. The molecule has 0 aliphatic heterocycles. The van der Waals surface area contributed by atoms with Crippen LogP contribution in [0, 0.1) is 5.92 Å². The molecule has 104 valence electrons. The monoisotopic (exact) mass is 263 g/mol. The lowest BCUT2D eigenvalue weighted by molar-refractivity contribution is 0.0663. The highest BCUT2D eigenvalue weighted by atomic mass is 16.5. The third-order valence-corrected chi connectivity index (χ3v) is 3.73. The van der Waals surface area contributed by atoms with E-state index in [1.165, 1.54) is 0 Å². The van der Waals surface area contributed by atoms with Crippen LogP contribution >= 0.6 is 0 Å². The normalized spacial score (nSPS) is 22.8. The molecule has 4 heteroatoms. The topological polar surface area (TPSA) is 58.6 Å². The van der Waals surface area contributed by atoms with Crippen molar-refractivity contribution in [2.75, 3.05) is 13.7 Å². The number of nitrogens with one attached hydrogen (secondary N) is 1. The smallest absolute Gasteiger partial charge is 0.251 e. The minimum atomic E-state index is -0.278. The zero-order valence-electron chi connectivity index (χ0n) is 11.3. The molecule has 1 aliphatic carbocycles. The maximum absolute atomic E-state index is 12.0. The van der Waals surface area contributed by atoms with Crippen molar-refractivity contribution in [1.82, 2.24) is 5.32 Å². The Morgan fingerprint density at radius 1 is 1.42 bits per heavy atom. The summed E-state index contributed by atoms with van der Waals surface area (Å²) in [4.78, 5) is 12.0. The van der Waals surface area contributed by atoms with Crippen molar-refractivity contribution < 1.29 is 14.6 Å². The standard InChI is InChI=1S/C15H21NO3/c1-19-13-7-4-6-11(9-13)15(18)16-10-12-5-2-3-8-14(12)17/h4,6-7,9,12,14,17H,2-3,5,8,10H2,1H3,(H,16,18). The quantitative estimate of drug-likeness (QED) is 0.873. The van der Waals surface area contributed by atoms with E-state index in [2.05, 4.69) is 5.32 Å². The largest absolute Gasteiger partial charge is 0.497 e. The number of methoxy groups -OCH3 is 1. The lowest BCUT2D eigenvalue weighted by Gasteiger charge is -2.27. The van der Waals surface area contributed by atoms with Gasteiger partial charge in [0.05, 0.1) is 13.2 Å². The molecule has 2 rings (SSSR count). The molecule has 1 aromatic rings. The fraction of sp³-hybridized carbons (Fsp3) is 0.533. The van der Waals surface area contributed by atoms with Crippen molar-refractivity contribution in [2.45, 2.75) is 31.8 Å². The molecule has 0 spiro atoms. The van der Waals surface area contributed by atoms with Gasteiger partial charge in [-0.2, -0.15) is 0 Å². The average molecular weight is 263 g/mol. The molecule has 0 saturated heterocycles. The number of aliphatic hydroxyl groups is 1. The second-order valence-corrected chi connectivity index (χ2v) is 5.05. The van der Waals surface area contributed by atoms with Crippen molar-refractivity contribution in [2.24, 2.45) is 5.92 Å². The number of benzene rings is 1. The van der Waals surface area contributed by atoms with Crippen LogP contribution in [0.3, 0.4) is 0 Å². The summed E-state index contributed by atoms with van der Waals surface area (Å²) in [7, 11) is 1.58. The van der Waals surface area contributed by atoms with Crippen LogP contribution in [0.4, 0.5) is 0 Å². The summed E-state index contributed by atoms with van der Waals surface area (Å²) in [6, 6.07) is 7.08. The van der Waals surface area contributed by atoms with Gasteiger partial charge in [-0.25, -0.2) is 0 Å². The Bertz CT molecular complexity index is 433. The van der Waals surface area contributed by atoms with Gasteiger partial charge in [-0.1, -0.05) is 18.9 Å². The van der Waals surface area contributed by atoms with E-state index < -0.39 is 0 Å². The van der Waals surface area contributed by atoms with Crippen molar-refractivity contribution in [1.29, 1.82) is 0 Å². The summed E-state index contributed by atoms with van der Waals surface area (Å²) in [5.74, 6) is 0.741. The minimum Gasteiger partial charge on any atom is -0.497 e. The van der Waals surface area contributed by atoms with Gasteiger partial charge in [0.25, 0.3) is 5.91 Å². The predicted molar refractivity (Wildman–Crippen MR) is 73.3 cm³/mol. The number of aliphatic hydroxyl groups excluding tert-OH is 1. The van der Waals surface area contributed by atoms with Gasteiger partial charge >= 0.3 is 0 Å². The summed E-state index contributed by atoms with van der Waals surface area (Å²) in [6.07, 6.45) is 3.77. The molecule has 1 amide bonds. The second-order valence-electron chi connectivity index (χ2n) is 5.05. The summed E-state index contributed by atoms with van der Waals surface area (Å²) in [6.45, 7) is 0.539. The Morgan fingerprint density at radius 3 is 2.95 bits per heavy atom. The molecule has 4 nitrogen and oxygen atoms in total. The molecule has 2 unspecified atom stereocenters. The zero-order valence-corrected chi connectivity index (χ0v) is 11.3. The number of hydrogen-bond acceptors (Lipinski definition) is 3. The first-order valence-corrected chi connectivity index (χ1v) is 6.81. The SMILES string of the molecule is COc1cccc(C(=O)NCC2CCCCC2O)c1. The third kappa shape index (κ3) is 3.70. The Morgan fingerprint density at radius 2 is 2.21 bits per heavy atom. The van der Waals surface area contributed by atoms with E-state index >= 15 is 0 Å². The van der Waals surface area contributed by atoms with Gasteiger partial charge in [0.15, 0.2) is 0 Å². The molecule has 0 aromatic heterocycles. The van der Waals surface area contributed by atoms with Crippen LogP contribution in [0.5, 0.6) is 5.75 Å². The Hall–Kier alpha value is -1.55.